The number of amides is 1. The molecule has 0 aliphatic heterocycles. The molecule has 1 amide bonds. The van der Waals surface area contributed by atoms with Gasteiger partial charge in [-0.05, 0) is 60.7 Å². The van der Waals surface area contributed by atoms with Crippen LogP contribution in [0.2, 0.25) is 0 Å². The third-order valence-corrected chi connectivity index (χ3v) is 4.77. The first-order chi connectivity index (χ1) is 9.25. The van der Waals surface area contributed by atoms with E-state index in [-0.39, 0.29) is 5.91 Å². The van der Waals surface area contributed by atoms with Gasteiger partial charge >= 0.3 is 0 Å². The van der Waals surface area contributed by atoms with E-state index >= 15 is 0 Å². The van der Waals surface area contributed by atoms with Crippen LogP contribution < -0.4 is 5.32 Å². The van der Waals surface area contributed by atoms with Crippen molar-refractivity contribution in [1.29, 1.82) is 0 Å². The van der Waals surface area contributed by atoms with E-state index in [0.717, 1.165) is 29.0 Å². The molecule has 3 heteroatoms. The van der Waals surface area contributed by atoms with E-state index in [2.05, 4.69) is 10.7 Å². The van der Waals surface area contributed by atoms with Crippen molar-refractivity contribution in [3.8, 4) is 0 Å². The van der Waals surface area contributed by atoms with Crippen LogP contribution >= 0.6 is 11.3 Å². The van der Waals surface area contributed by atoms with E-state index in [1.165, 1.54) is 24.0 Å². The Kier molecular flexibility index (Phi) is 3.38. The Balaban J connectivity index is 1.85. The Hall–Kier alpha value is -1.61. The average Bonchev–Trinajstić information content (AvgIpc) is 2.85. The molecule has 0 fully saturated rings. The topological polar surface area (TPSA) is 29.1 Å². The maximum absolute atomic E-state index is 12.4. The lowest BCUT2D eigenvalue weighted by atomic mass is 9.94. The number of nitrogens with one attached hydrogen (secondary N) is 1. The lowest BCUT2D eigenvalue weighted by Crippen LogP contribution is -2.14. The molecule has 2 aromatic rings. The second-order valence-corrected chi connectivity index (χ2v) is 5.92. The number of carbonyl (C=O) groups is 1. The lowest BCUT2D eigenvalue weighted by Gasteiger charge is -2.13. The minimum absolute atomic E-state index is 0.0439. The predicted octanol–water partition coefficient (Wildman–Crippen LogP) is 4.19. The van der Waals surface area contributed by atoms with Crippen LogP contribution in [0.1, 0.15) is 39.2 Å². The zero-order valence-electron chi connectivity index (χ0n) is 11.0. The molecule has 2 nitrogen and oxygen atoms in total. The highest BCUT2D eigenvalue weighted by Gasteiger charge is 2.20. The fraction of sp³-hybridized carbons (Fsp3) is 0.312. The fourth-order valence-corrected chi connectivity index (χ4v) is 3.66. The van der Waals surface area contributed by atoms with E-state index in [0.29, 0.717) is 0 Å². The molecule has 98 valence electrons. The van der Waals surface area contributed by atoms with Gasteiger partial charge in [0.15, 0.2) is 0 Å². The standard InChI is InChI=1S/C16H17NOS/c1-11-6-2-5-9-14(11)17-16(18)15-13-8-4-3-7-12(13)10-19-15/h2,5-6,9-10H,3-4,7-8H2,1H3,(H,17,18). The van der Waals surface area contributed by atoms with Crippen LogP contribution in [-0.4, -0.2) is 5.91 Å². The van der Waals surface area contributed by atoms with Crippen molar-refractivity contribution < 1.29 is 4.79 Å². The van der Waals surface area contributed by atoms with Gasteiger partial charge in [0.25, 0.3) is 5.91 Å². The van der Waals surface area contributed by atoms with Gasteiger partial charge in [-0.15, -0.1) is 11.3 Å². The number of thiophene rings is 1. The molecule has 0 atom stereocenters. The van der Waals surface area contributed by atoms with Crippen LogP contribution in [-0.2, 0) is 12.8 Å². The summed E-state index contributed by atoms with van der Waals surface area (Å²) in [7, 11) is 0. The Morgan fingerprint density at radius 1 is 1.21 bits per heavy atom. The predicted molar refractivity (Wildman–Crippen MR) is 80.1 cm³/mol. The van der Waals surface area contributed by atoms with Crippen LogP contribution in [0, 0.1) is 6.92 Å². The van der Waals surface area contributed by atoms with Crippen LogP contribution in [0.5, 0.6) is 0 Å². The highest BCUT2D eigenvalue weighted by atomic mass is 32.1. The number of para-hydroxylation sites is 1. The summed E-state index contributed by atoms with van der Waals surface area (Å²) < 4.78 is 0. The van der Waals surface area contributed by atoms with Crippen molar-refractivity contribution in [3.05, 3.63) is 51.2 Å². The van der Waals surface area contributed by atoms with Gasteiger partial charge in [0.2, 0.25) is 0 Å². The number of hydrogen-bond acceptors (Lipinski definition) is 2. The molecule has 1 aromatic carbocycles. The lowest BCUT2D eigenvalue weighted by molar-refractivity contribution is 0.102. The molecule has 1 aliphatic carbocycles. The third kappa shape index (κ3) is 2.43. The Morgan fingerprint density at radius 3 is 2.84 bits per heavy atom. The molecule has 1 heterocycles. The molecule has 0 saturated carbocycles. The van der Waals surface area contributed by atoms with Gasteiger partial charge in [0.1, 0.15) is 0 Å². The van der Waals surface area contributed by atoms with Gasteiger partial charge in [-0.3, -0.25) is 4.79 Å². The molecule has 0 radical (unpaired) electrons. The monoisotopic (exact) mass is 271 g/mol. The molecular formula is C16H17NOS. The quantitative estimate of drug-likeness (QED) is 0.872. The number of hydrogen-bond donors (Lipinski definition) is 1. The molecule has 0 unspecified atom stereocenters. The molecule has 0 bridgehead atoms. The van der Waals surface area contributed by atoms with Crippen LogP contribution in [0.15, 0.2) is 29.6 Å². The summed E-state index contributed by atoms with van der Waals surface area (Å²) >= 11 is 1.59. The van der Waals surface area contributed by atoms with Crippen molar-refractivity contribution in [2.24, 2.45) is 0 Å². The number of carbonyl (C=O) groups excluding carboxylic acids is 1. The Bertz CT molecular complexity index is 615. The third-order valence-electron chi connectivity index (χ3n) is 3.70. The van der Waals surface area contributed by atoms with Gasteiger partial charge < -0.3 is 5.32 Å². The smallest absolute Gasteiger partial charge is 0.266 e. The first-order valence-corrected chi connectivity index (χ1v) is 7.60. The average molecular weight is 271 g/mol. The van der Waals surface area contributed by atoms with Gasteiger partial charge in [-0.25, -0.2) is 0 Å². The minimum atomic E-state index is 0.0439. The number of rotatable bonds is 2. The van der Waals surface area contributed by atoms with E-state index in [4.69, 9.17) is 0 Å². The number of anilines is 1. The largest absolute Gasteiger partial charge is 0.321 e. The van der Waals surface area contributed by atoms with Crippen molar-refractivity contribution >= 4 is 22.9 Å². The van der Waals surface area contributed by atoms with Gasteiger partial charge in [-0.1, -0.05) is 18.2 Å². The maximum Gasteiger partial charge on any atom is 0.266 e. The second kappa shape index (κ2) is 5.17. The number of benzene rings is 1. The van der Waals surface area contributed by atoms with E-state index in [1.54, 1.807) is 11.3 Å². The highest BCUT2D eigenvalue weighted by Crippen LogP contribution is 2.30. The maximum atomic E-state index is 12.4. The van der Waals surface area contributed by atoms with E-state index in [9.17, 15) is 4.79 Å². The summed E-state index contributed by atoms with van der Waals surface area (Å²) in [4.78, 5) is 13.3. The summed E-state index contributed by atoms with van der Waals surface area (Å²) in [5, 5.41) is 5.19. The summed E-state index contributed by atoms with van der Waals surface area (Å²) in [6.45, 7) is 2.01. The molecule has 0 spiro atoms. The Labute approximate surface area is 117 Å². The van der Waals surface area contributed by atoms with Crippen molar-refractivity contribution in [1.82, 2.24) is 0 Å². The molecule has 1 aliphatic rings. The van der Waals surface area contributed by atoms with Crippen LogP contribution in [0.3, 0.4) is 0 Å². The molecule has 0 saturated heterocycles. The summed E-state index contributed by atoms with van der Waals surface area (Å²) in [5.74, 6) is 0.0439. The first kappa shape index (κ1) is 12.4. The van der Waals surface area contributed by atoms with Gasteiger partial charge in [0, 0.05) is 5.69 Å². The molecule has 1 aromatic heterocycles. The highest BCUT2D eigenvalue weighted by molar-refractivity contribution is 7.12. The zero-order valence-corrected chi connectivity index (χ0v) is 11.8. The van der Waals surface area contributed by atoms with Crippen molar-refractivity contribution in [2.75, 3.05) is 5.32 Å². The SMILES string of the molecule is Cc1ccccc1NC(=O)c1scc2c1CCCC2. The number of fused-ring (bicyclic) bond motifs is 1. The summed E-state index contributed by atoms with van der Waals surface area (Å²) in [5.41, 5.74) is 4.67. The van der Waals surface area contributed by atoms with Crippen molar-refractivity contribution in [3.63, 3.8) is 0 Å². The molecule has 19 heavy (non-hydrogen) atoms. The zero-order chi connectivity index (χ0) is 13.2. The fourth-order valence-electron chi connectivity index (χ4n) is 2.60. The second-order valence-electron chi connectivity index (χ2n) is 5.04. The van der Waals surface area contributed by atoms with E-state index < -0.39 is 0 Å². The Morgan fingerprint density at radius 2 is 2.00 bits per heavy atom. The van der Waals surface area contributed by atoms with Crippen LogP contribution in [0.4, 0.5) is 5.69 Å². The van der Waals surface area contributed by atoms with Gasteiger partial charge in [0.05, 0.1) is 4.88 Å². The van der Waals surface area contributed by atoms with Crippen LogP contribution in [0.25, 0.3) is 0 Å². The normalized spacial score (nSPS) is 13.9. The molecular weight excluding hydrogens is 254 g/mol. The van der Waals surface area contributed by atoms with Crippen molar-refractivity contribution in [2.45, 2.75) is 32.6 Å². The molecule has 1 N–H and O–H groups in total. The minimum Gasteiger partial charge on any atom is -0.321 e. The number of aryl methyl sites for hydroxylation is 2. The van der Waals surface area contributed by atoms with E-state index in [1.807, 2.05) is 31.2 Å². The summed E-state index contributed by atoms with van der Waals surface area (Å²) in [6.07, 6.45) is 4.63. The van der Waals surface area contributed by atoms with Gasteiger partial charge in [-0.2, -0.15) is 0 Å². The molecule has 3 rings (SSSR count). The first-order valence-electron chi connectivity index (χ1n) is 6.72. The summed E-state index contributed by atoms with van der Waals surface area (Å²) in [6, 6.07) is 7.90.